The van der Waals surface area contributed by atoms with Crippen LogP contribution < -0.4 is 11.4 Å². The number of hydrogen-bond acceptors (Lipinski definition) is 16. The fourth-order valence-corrected chi connectivity index (χ4v) is 9.29. The molecule has 19 nitrogen and oxygen atoms in total. The third kappa shape index (κ3) is 22.8. The highest BCUT2D eigenvalue weighted by molar-refractivity contribution is 7.61. The summed E-state index contributed by atoms with van der Waals surface area (Å²) in [7, 11) is -10.8. The Morgan fingerprint density at radius 2 is 1.48 bits per heavy atom. The molecule has 0 spiro atoms. The summed E-state index contributed by atoms with van der Waals surface area (Å²) < 4.78 is 62.4. The lowest BCUT2D eigenvalue weighted by Gasteiger charge is -2.21. The van der Waals surface area contributed by atoms with Gasteiger partial charge in [0, 0.05) is 19.0 Å². The number of carbonyl (C=O) groups is 2. The molecule has 2 fully saturated rings. The fourth-order valence-electron chi connectivity index (χ4n) is 7.18. The summed E-state index contributed by atoms with van der Waals surface area (Å²) in [6.45, 7) is 4.32. The number of aliphatic hydroxyl groups is 2. The number of unbranched alkanes of at least 4 members (excludes halogenated alkanes) is 12. The van der Waals surface area contributed by atoms with Crippen molar-refractivity contribution in [2.24, 2.45) is 5.92 Å². The predicted molar refractivity (Wildman–Crippen MR) is 238 cm³/mol. The molecule has 368 valence electrons. The van der Waals surface area contributed by atoms with E-state index in [9.17, 15) is 43.5 Å². The van der Waals surface area contributed by atoms with Gasteiger partial charge in [0.1, 0.15) is 30.7 Å². The van der Waals surface area contributed by atoms with E-state index in [1.165, 1.54) is 44.6 Å². The van der Waals surface area contributed by atoms with Gasteiger partial charge in [-0.3, -0.25) is 23.2 Å². The fraction of sp³-hybridized carbons (Fsp3) is 0.814. The van der Waals surface area contributed by atoms with Crippen molar-refractivity contribution in [1.29, 1.82) is 0 Å². The summed E-state index contributed by atoms with van der Waals surface area (Å²) in [6.07, 6.45) is 17.8. The van der Waals surface area contributed by atoms with Crippen LogP contribution >= 0.6 is 15.6 Å². The Labute approximate surface area is 378 Å². The van der Waals surface area contributed by atoms with Gasteiger partial charge >= 0.3 is 33.3 Å². The molecule has 0 amide bonds. The number of phosphoric ester groups is 2. The van der Waals surface area contributed by atoms with E-state index >= 15 is 0 Å². The maximum Gasteiger partial charge on any atom is 0.481 e. The molecule has 5 unspecified atom stereocenters. The standard InChI is InChI=1S/C43H75N3O16P2/c1-4-6-7-8-13-18-23-34-35(60-34)24-19-14-11-16-21-26-39(48)59-33(29-56-38(47)25-20-15-10-9-12-17-22-32(3)5-2)30-57-63(52,53)62-64(54,55)58-31-36-40(49)41(50)42(61-36)46-28-27-37(44)45-43(46)51/h13,18,27-28,32-36,40-42,49-50H,4-12,14-17,19-26,29-31H2,1-3H3,(H,52,53)(H,54,55)(H2,44,45,51)/b18-13-/t32?,33-,34?,35?,36-,40-,41-,42-/m1/s1. The maximum absolute atomic E-state index is 12.8. The number of anilines is 1. The number of aromatic nitrogens is 2. The average molecular weight is 952 g/mol. The first-order valence-electron chi connectivity index (χ1n) is 23.2. The number of rotatable bonds is 36. The van der Waals surface area contributed by atoms with Crippen molar-refractivity contribution < 1.29 is 71.0 Å². The molecule has 1 aromatic heterocycles. The number of nitrogens with zero attached hydrogens (tertiary/aromatic N) is 2. The molecule has 64 heavy (non-hydrogen) atoms. The Bertz CT molecular complexity index is 1700. The van der Waals surface area contributed by atoms with Gasteiger partial charge in [-0.2, -0.15) is 9.29 Å². The van der Waals surface area contributed by atoms with Crippen LogP contribution in [0.25, 0.3) is 0 Å². The first-order chi connectivity index (χ1) is 30.5. The smallest absolute Gasteiger partial charge is 0.462 e. The quantitative estimate of drug-likeness (QED) is 0.0145. The number of aliphatic hydroxyl groups excluding tert-OH is 2. The number of epoxide rings is 1. The summed E-state index contributed by atoms with van der Waals surface area (Å²) >= 11 is 0. The summed E-state index contributed by atoms with van der Waals surface area (Å²) in [5, 5.41) is 20.9. The van der Waals surface area contributed by atoms with E-state index in [4.69, 9.17) is 33.7 Å². The molecule has 2 aliphatic heterocycles. The number of allylic oxidation sites excluding steroid dienone is 1. The molecule has 0 radical (unpaired) electrons. The van der Waals surface area contributed by atoms with E-state index in [1.807, 2.05) is 0 Å². The number of hydrogen-bond donors (Lipinski definition) is 5. The predicted octanol–water partition coefficient (Wildman–Crippen LogP) is 7.34. The minimum absolute atomic E-state index is 0.0291. The highest BCUT2D eigenvalue weighted by atomic mass is 31.3. The zero-order valence-electron chi connectivity index (χ0n) is 38.0. The maximum atomic E-state index is 12.8. The van der Waals surface area contributed by atoms with Crippen LogP contribution in [0, 0.1) is 5.92 Å². The van der Waals surface area contributed by atoms with Crippen molar-refractivity contribution in [2.45, 2.75) is 198 Å². The van der Waals surface area contributed by atoms with Gasteiger partial charge in [0.15, 0.2) is 12.3 Å². The molecule has 1 aromatic rings. The molecule has 21 heteroatoms. The topological polar surface area (TPSA) is 278 Å². The molecule has 0 aliphatic carbocycles. The summed E-state index contributed by atoms with van der Waals surface area (Å²) in [6, 6.07) is 1.25. The van der Waals surface area contributed by atoms with Gasteiger partial charge in [-0.25, -0.2) is 13.9 Å². The first kappa shape index (κ1) is 55.8. The van der Waals surface area contributed by atoms with Crippen LogP contribution in [-0.2, 0) is 51.0 Å². The highest BCUT2D eigenvalue weighted by Gasteiger charge is 2.46. The Balaban J connectivity index is 1.43. The van der Waals surface area contributed by atoms with Crippen molar-refractivity contribution in [2.75, 3.05) is 25.6 Å². The van der Waals surface area contributed by atoms with Crippen LogP contribution in [0.4, 0.5) is 5.82 Å². The van der Waals surface area contributed by atoms with E-state index in [2.05, 4.69) is 42.2 Å². The molecular formula is C43H75N3O16P2. The first-order valence-corrected chi connectivity index (χ1v) is 26.2. The lowest BCUT2D eigenvalue weighted by Crippen LogP contribution is -2.36. The van der Waals surface area contributed by atoms with Crippen molar-refractivity contribution in [3.63, 3.8) is 0 Å². The van der Waals surface area contributed by atoms with Crippen LogP contribution in [0.15, 0.2) is 29.2 Å². The number of carbonyl (C=O) groups excluding carboxylic acids is 2. The van der Waals surface area contributed by atoms with Crippen LogP contribution in [-0.4, -0.2) is 97.9 Å². The molecule has 0 bridgehead atoms. The molecule has 2 saturated heterocycles. The minimum Gasteiger partial charge on any atom is -0.462 e. The van der Waals surface area contributed by atoms with E-state index < -0.39 is 83.7 Å². The molecular weight excluding hydrogens is 876 g/mol. The number of ether oxygens (including phenoxy) is 4. The second-order valence-electron chi connectivity index (χ2n) is 16.9. The van der Waals surface area contributed by atoms with Crippen LogP contribution in [0.1, 0.15) is 162 Å². The Hall–Kier alpha value is -2.54. The van der Waals surface area contributed by atoms with E-state index in [-0.39, 0.29) is 18.7 Å². The molecule has 0 aromatic carbocycles. The lowest BCUT2D eigenvalue weighted by molar-refractivity contribution is -0.161. The molecule has 3 rings (SSSR count). The SMILES string of the molecule is CCCCC/C=C\CC1OC1CCCCCCCC(=O)O[C@H](COC(=O)CCCCCCCCC(C)CC)COP(=O)(O)OP(=O)(O)OC[C@H]1O[C@@H](n2ccc(N)nc2=O)[C@H](O)[C@@H]1O. The largest absolute Gasteiger partial charge is 0.481 e. The monoisotopic (exact) mass is 951 g/mol. The van der Waals surface area contributed by atoms with Crippen molar-refractivity contribution in [1.82, 2.24) is 9.55 Å². The number of esters is 2. The van der Waals surface area contributed by atoms with Gasteiger partial charge in [-0.1, -0.05) is 116 Å². The molecule has 0 saturated carbocycles. The van der Waals surface area contributed by atoms with Gasteiger partial charge in [0.05, 0.1) is 25.4 Å². The minimum atomic E-state index is -5.42. The van der Waals surface area contributed by atoms with E-state index in [0.717, 1.165) is 87.3 Å². The van der Waals surface area contributed by atoms with Crippen molar-refractivity contribution >= 4 is 33.4 Å². The summed E-state index contributed by atoms with van der Waals surface area (Å²) in [5.74, 6) is -0.599. The van der Waals surface area contributed by atoms with Crippen molar-refractivity contribution in [3.05, 3.63) is 34.9 Å². The second-order valence-corrected chi connectivity index (χ2v) is 19.9. The van der Waals surface area contributed by atoms with Gasteiger partial charge in [0.25, 0.3) is 0 Å². The second kappa shape index (κ2) is 30.0. The summed E-state index contributed by atoms with van der Waals surface area (Å²) in [4.78, 5) is 61.7. The van der Waals surface area contributed by atoms with E-state index in [1.54, 1.807) is 0 Å². The summed E-state index contributed by atoms with van der Waals surface area (Å²) in [5.41, 5.74) is 4.58. The Morgan fingerprint density at radius 3 is 2.17 bits per heavy atom. The zero-order chi connectivity index (χ0) is 47.0. The molecule has 6 N–H and O–H groups in total. The van der Waals surface area contributed by atoms with Crippen molar-refractivity contribution in [3.8, 4) is 0 Å². The third-order valence-corrected chi connectivity index (χ3v) is 13.9. The number of nitrogen functional groups attached to an aromatic ring is 1. The molecule has 10 atom stereocenters. The number of phosphoric acid groups is 2. The van der Waals surface area contributed by atoms with Crippen LogP contribution in [0.5, 0.6) is 0 Å². The molecule has 2 aliphatic rings. The van der Waals surface area contributed by atoms with Gasteiger partial charge in [-0.15, -0.1) is 0 Å². The highest BCUT2D eigenvalue weighted by Crippen LogP contribution is 2.60. The van der Waals surface area contributed by atoms with E-state index in [0.29, 0.717) is 25.0 Å². The van der Waals surface area contributed by atoms with Crippen LogP contribution in [0.3, 0.4) is 0 Å². The Kier molecular flexibility index (Phi) is 26.1. The van der Waals surface area contributed by atoms with Gasteiger partial charge < -0.3 is 44.7 Å². The molecule has 3 heterocycles. The van der Waals surface area contributed by atoms with Crippen LogP contribution in [0.2, 0.25) is 0 Å². The third-order valence-electron chi connectivity index (χ3n) is 11.3. The Morgan fingerprint density at radius 1 is 0.828 bits per heavy atom. The van der Waals surface area contributed by atoms with Gasteiger partial charge in [-0.05, 0) is 50.5 Å². The normalized spacial score (nSPS) is 23.7. The zero-order valence-corrected chi connectivity index (χ0v) is 39.7. The lowest BCUT2D eigenvalue weighted by atomic mass is 10.00. The van der Waals surface area contributed by atoms with Gasteiger partial charge in [0.2, 0.25) is 0 Å². The average Bonchev–Trinajstić information content (AvgIpc) is 3.94. The number of nitrogens with two attached hydrogens (primary N) is 1.